The highest BCUT2D eigenvalue weighted by Gasteiger charge is 2.56. The van der Waals surface area contributed by atoms with Crippen molar-refractivity contribution in [3.63, 3.8) is 0 Å². The zero-order valence-electron chi connectivity index (χ0n) is 20.3. The summed E-state index contributed by atoms with van der Waals surface area (Å²) in [6, 6.07) is 0. The molecule has 0 spiro atoms. The molecule has 1 nitrogen and oxygen atoms in total. The van der Waals surface area contributed by atoms with Crippen LogP contribution >= 0.6 is 0 Å². The van der Waals surface area contributed by atoms with Gasteiger partial charge in [0.15, 0.2) is 0 Å². The van der Waals surface area contributed by atoms with Gasteiger partial charge in [-0.15, -0.1) is 0 Å². The summed E-state index contributed by atoms with van der Waals surface area (Å²) in [6.45, 7) is 14.9. The molecule has 0 radical (unpaired) electrons. The molecule has 3 unspecified atom stereocenters. The summed E-state index contributed by atoms with van der Waals surface area (Å²) in [5.41, 5.74) is 4.78. The second-order valence-corrected chi connectivity index (χ2v) is 12.6. The topological polar surface area (TPSA) is 20.2 Å². The molecule has 0 amide bonds. The van der Waals surface area contributed by atoms with Crippen LogP contribution in [0.3, 0.4) is 0 Å². The van der Waals surface area contributed by atoms with Gasteiger partial charge >= 0.3 is 0 Å². The van der Waals surface area contributed by atoms with Crippen LogP contribution in [0.5, 0.6) is 0 Å². The molecule has 0 saturated heterocycles. The van der Waals surface area contributed by atoms with Gasteiger partial charge in [0.1, 0.15) is 0 Å². The third kappa shape index (κ3) is 3.56. The van der Waals surface area contributed by atoms with Gasteiger partial charge < -0.3 is 5.11 Å². The highest BCUT2D eigenvalue weighted by Crippen LogP contribution is 2.66. The number of aliphatic hydroxyl groups is 1. The predicted molar refractivity (Wildman–Crippen MR) is 124 cm³/mol. The van der Waals surface area contributed by atoms with Crippen molar-refractivity contribution in [3.8, 4) is 0 Å². The number of fused-ring (bicyclic) bond motifs is 4. The molecular weight excluding hydrogens is 352 g/mol. The Kier molecular flexibility index (Phi) is 6.04. The van der Waals surface area contributed by atoms with Crippen molar-refractivity contribution in [1.82, 2.24) is 0 Å². The van der Waals surface area contributed by atoms with Gasteiger partial charge in [0.05, 0.1) is 6.10 Å². The third-order valence-corrected chi connectivity index (χ3v) is 10.7. The van der Waals surface area contributed by atoms with E-state index in [1.807, 2.05) is 11.1 Å². The van der Waals surface area contributed by atoms with Crippen LogP contribution in [0, 0.1) is 46.3 Å². The molecule has 0 aromatic rings. The van der Waals surface area contributed by atoms with Crippen LogP contribution in [0.4, 0.5) is 0 Å². The molecule has 4 aliphatic rings. The van der Waals surface area contributed by atoms with Crippen LogP contribution in [-0.4, -0.2) is 11.2 Å². The van der Waals surface area contributed by atoms with Crippen LogP contribution in [0.25, 0.3) is 0 Å². The smallest absolute Gasteiger partial charge is 0.0568 e. The van der Waals surface area contributed by atoms with E-state index >= 15 is 0 Å². The highest BCUT2D eigenvalue weighted by molar-refractivity contribution is 5.35. The minimum absolute atomic E-state index is 0.0568. The zero-order valence-corrected chi connectivity index (χ0v) is 20.3. The lowest BCUT2D eigenvalue weighted by Crippen LogP contribution is -2.51. The van der Waals surface area contributed by atoms with Crippen LogP contribution in [0.15, 0.2) is 11.1 Å². The Labute approximate surface area is 181 Å². The second-order valence-electron chi connectivity index (χ2n) is 12.6. The number of rotatable bonds is 5. The molecule has 0 aromatic carbocycles. The first-order chi connectivity index (χ1) is 13.7. The fourth-order valence-corrected chi connectivity index (χ4v) is 8.95. The Morgan fingerprint density at radius 3 is 2.45 bits per heavy atom. The van der Waals surface area contributed by atoms with Crippen molar-refractivity contribution >= 4 is 0 Å². The molecule has 1 heteroatoms. The average Bonchev–Trinajstić information content (AvgIpc) is 3.02. The molecule has 3 fully saturated rings. The first-order valence-electron chi connectivity index (χ1n) is 13.1. The standard InChI is InChI=1S/C28H48O/c1-18(2)8-7-9-19(3)22-12-13-24-21-10-11-23-20(4)26(29)15-17-28(23,6)25(21)14-16-27(22,24)5/h18-20,22-23,25-26,29H,7-17H2,1-6H3/t19-,20?,22-,23?,25+,26?,27-,28+/m1/s1. The molecule has 4 aliphatic carbocycles. The van der Waals surface area contributed by atoms with Gasteiger partial charge in [0.25, 0.3) is 0 Å². The van der Waals surface area contributed by atoms with Crippen LogP contribution in [0.1, 0.15) is 112 Å². The summed E-state index contributed by atoms with van der Waals surface area (Å²) in [7, 11) is 0. The molecule has 8 atom stereocenters. The van der Waals surface area contributed by atoms with Crippen molar-refractivity contribution in [1.29, 1.82) is 0 Å². The van der Waals surface area contributed by atoms with E-state index in [2.05, 4.69) is 41.5 Å². The van der Waals surface area contributed by atoms with Gasteiger partial charge in [-0.25, -0.2) is 0 Å². The number of hydrogen-bond acceptors (Lipinski definition) is 1. The average molecular weight is 401 g/mol. The van der Waals surface area contributed by atoms with Gasteiger partial charge in [-0.2, -0.15) is 0 Å². The van der Waals surface area contributed by atoms with E-state index in [4.69, 9.17) is 0 Å². The molecule has 0 aromatic heterocycles. The van der Waals surface area contributed by atoms with Gasteiger partial charge in [-0.1, -0.05) is 72.0 Å². The van der Waals surface area contributed by atoms with Crippen LogP contribution < -0.4 is 0 Å². The lowest BCUT2D eigenvalue weighted by atomic mass is 9.47. The SMILES string of the molecule is CC(C)CCC[C@@H](C)[C@H]1CCC2=C3CCC4C(C)C(O)CC[C@]4(C)[C@H]3CC[C@@]21C. The summed E-state index contributed by atoms with van der Waals surface area (Å²) in [6.07, 6.45) is 14.8. The maximum atomic E-state index is 10.5. The normalized spacial score (nSPS) is 45.7. The maximum Gasteiger partial charge on any atom is 0.0568 e. The Hall–Kier alpha value is -0.300. The van der Waals surface area contributed by atoms with E-state index in [0.29, 0.717) is 16.7 Å². The van der Waals surface area contributed by atoms with Gasteiger partial charge in [-0.05, 0) is 97.7 Å². The fourth-order valence-electron chi connectivity index (χ4n) is 8.95. The first kappa shape index (κ1) is 21.9. The highest BCUT2D eigenvalue weighted by atomic mass is 16.3. The van der Waals surface area contributed by atoms with E-state index in [0.717, 1.165) is 36.0 Å². The first-order valence-corrected chi connectivity index (χ1v) is 13.1. The Bertz CT molecular complexity index is 632. The predicted octanol–water partition coefficient (Wildman–Crippen LogP) is 7.78. The molecule has 0 heterocycles. The van der Waals surface area contributed by atoms with Gasteiger partial charge in [-0.3, -0.25) is 0 Å². The zero-order chi connectivity index (χ0) is 21.0. The Balaban J connectivity index is 1.55. The van der Waals surface area contributed by atoms with Gasteiger partial charge in [0.2, 0.25) is 0 Å². The van der Waals surface area contributed by atoms with Crippen molar-refractivity contribution in [2.45, 2.75) is 118 Å². The molecule has 166 valence electrons. The molecular formula is C28H48O. The van der Waals surface area contributed by atoms with Crippen LogP contribution in [-0.2, 0) is 0 Å². The minimum atomic E-state index is -0.0568. The number of aliphatic hydroxyl groups excluding tert-OH is 1. The third-order valence-electron chi connectivity index (χ3n) is 10.7. The van der Waals surface area contributed by atoms with E-state index in [-0.39, 0.29) is 6.10 Å². The summed E-state index contributed by atoms with van der Waals surface area (Å²) >= 11 is 0. The largest absolute Gasteiger partial charge is 0.393 e. The van der Waals surface area contributed by atoms with E-state index < -0.39 is 0 Å². The van der Waals surface area contributed by atoms with Crippen molar-refractivity contribution in [3.05, 3.63) is 11.1 Å². The minimum Gasteiger partial charge on any atom is -0.393 e. The van der Waals surface area contributed by atoms with E-state index in [1.165, 1.54) is 64.2 Å². The van der Waals surface area contributed by atoms with Crippen molar-refractivity contribution < 1.29 is 5.11 Å². The lowest BCUT2D eigenvalue weighted by Gasteiger charge is -2.58. The van der Waals surface area contributed by atoms with E-state index in [1.54, 1.807) is 0 Å². The fraction of sp³-hybridized carbons (Fsp3) is 0.929. The summed E-state index contributed by atoms with van der Waals surface area (Å²) < 4.78 is 0. The van der Waals surface area contributed by atoms with E-state index in [9.17, 15) is 5.11 Å². The molecule has 4 rings (SSSR count). The Morgan fingerprint density at radius 1 is 0.966 bits per heavy atom. The summed E-state index contributed by atoms with van der Waals surface area (Å²) in [5.74, 6) is 4.68. The molecule has 29 heavy (non-hydrogen) atoms. The van der Waals surface area contributed by atoms with Crippen molar-refractivity contribution in [2.75, 3.05) is 0 Å². The van der Waals surface area contributed by atoms with Crippen molar-refractivity contribution in [2.24, 2.45) is 46.3 Å². The monoisotopic (exact) mass is 400 g/mol. The van der Waals surface area contributed by atoms with Crippen LogP contribution in [0.2, 0.25) is 0 Å². The quantitative estimate of drug-likeness (QED) is 0.467. The van der Waals surface area contributed by atoms with Gasteiger partial charge in [0, 0.05) is 0 Å². The summed E-state index contributed by atoms with van der Waals surface area (Å²) in [4.78, 5) is 0. The molecule has 0 aliphatic heterocycles. The second kappa shape index (κ2) is 7.99. The molecule has 0 bridgehead atoms. The Morgan fingerprint density at radius 2 is 1.72 bits per heavy atom. The number of allylic oxidation sites excluding steroid dienone is 2. The summed E-state index contributed by atoms with van der Waals surface area (Å²) in [5, 5.41) is 10.5. The number of hydrogen-bond donors (Lipinski definition) is 1. The molecule has 3 saturated carbocycles. The molecule has 1 N–H and O–H groups in total. The lowest BCUT2D eigenvalue weighted by molar-refractivity contribution is -0.0779. The maximum absolute atomic E-state index is 10.5.